The van der Waals surface area contributed by atoms with E-state index in [4.69, 9.17) is 4.65 Å². The number of nitrogens with zero attached hydrogens (tertiary/aromatic N) is 1. The van der Waals surface area contributed by atoms with Crippen molar-refractivity contribution in [2.75, 3.05) is 0 Å². The van der Waals surface area contributed by atoms with Gasteiger partial charge in [0, 0.05) is 6.20 Å². The lowest BCUT2D eigenvalue weighted by Gasteiger charge is -2.24. The molecular weight excluding hydrogens is 365 g/mol. The van der Waals surface area contributed by atoms with Gasteiger partial charge in [-0.15, -0.1) is 0 Å². The van der Waals surface area contributed by atoms with Gasteiger partial charge in [-0.05, 0) is 47.5 Å². The summed E-state index contributed by atoms with van der Waals surface area (Å²) in [5.74, 6) is 0. The standard InChI is InChI=1S/C27H26BNO/c1-3-22-14-18-25(19-15-22)28(24-9-5-4-6-10-24)30-27(26-11-7-8-20-29-26)23-16-12-21(2)13-17-23/h4-20,27H,3H2,1-2H3. The molecule has 1 atom stereocenters. The maximum Gasteiger partial charge on any atom is 0.362 e. The van der Waals surface area contributed by atoms with Gasteiger partial charge in [-0.2, -0.15) is 0 Å². The van der Waals surface area contributed by atoms with Crippen LogP contribution < -0.4 is 10.9 Å². The summed E-state index contributed by atoms with van der Waals surface area (Å²) in [5, 5.41) is 0. The van der Waals surface area contributed by atoms with Crippen molar-refractivity contribution >= 4 is 17.8 Å². The van der Waals surface area contributed by atoms with Crippen LogP contribution in [0.2, 0.25) is 0 Å². The zero-order valence-corrected chi connectivity index (χ0v) is 17.5. The van der Waals surface area contributed by atoms with Gasteiger partial charge in [0.15, 0.2) is 0 Å². The first kappa shape index (κ1) is 20.1. The molecular formula is C27H26BNO. The van der Waals surface area contributed by atoms with E-state index in [1.165, 1.54) is 11.1 Å². The average Bonchev–Trinajstić information content (AvgIpc) is 2.82. The van der Waals surface area contributed by atoms with E-state index < -0.39 is 0 Å². The van der Waals surface area contributed by atoms with Crippen molar-refractivity contribution in [3.63, 3.8) is 0 Å². The van der Waals surface area contributed by atoms with E-state index in [0.29, 0.717) is 0 Å². The van der Waals surface area contributed by atoms with Crippen LogP contribution >= 0.6 is 0 Å². The molecule has 1 unspecified atom stereocenters. The van der Waals surface area contributed by atoms with Crippen molar-refractivity contribution in [1.29, 1.82) is 0 Å². The lowest BCUT2D eigenvalue weighted by atomic mass is 9.55. The smallest absolute Gasteiger partial charge is 0.362 e. The van der Waals surface area contributed by atoms with Gasteiger partial charge in [0.05, 0.1) is 5.69 Å². The summed E-state index contributed by atoms with van der Waals surface area (Å²) in [6.45, 7) is 4.09. The van der Waals surface area contributed by atoms with Crippen LogP contribution in [-0.2, 0) is 11.1 Å². The average molecular weight is 391 g/mol. The monoisotopic (exact) mass is 391 g/mol. The highest BCUT2D eigenvalue weighted by Crippen LogP contribution is 2.25. The van der Waals surface area contributed by atoms with Crippen LogP contribution in [0.25, 0.3) is 0 Å². The minimum atomic E-state index is -0.261. The first-order valence-electron chi connectivity index (χ1n) is 10.5. The molecule has 0 aliphatic heterocycles. The summed E-state index contributed by atoms with van der Waals surface area (Å²) in [6, 6.07) is 33.7. The molecule has 0 bridgehead atoms. The SMILES string of the molecule is CCc1ccc(B(OC(c2ccc(C)cc2)c2ccccn2)c2ccccc2)cc1. The molecule has 0 N–H and O–H groups in total. The van der Waals surface area contributed by atoms with E-state index in [2.05, 4.69) is 91.6 Å². The molecule has 0 saturated carbocycles. The Morgan fingerprint density at radius 1 is 0.767 bits per heavy atom. The van der Waals surface area contributed by atoms with Crippen molar-refractivity contribution in [3.8, 4) is 0 Å². The van der Waals surface area contributed by atoms with Crippen LogP contribution in [-0.4, -0.2) is 11.9 Å². The minimum Gasteiger partial charge on any atom is -0.414 e. The summed E-state index contributed by atoms with van der Waals surface area (Å²) in [6.07, 6.45) is 2.59. The maximum atomic E-state index is 6.85. The maximum absolute atomic E-state index is 6.85. The summed E-state index contributed by atoms with van der Waals surface area (Å²) < 4.78 is 6.85. The highest BCUT2D eigenvalue weighted by molar-refractivity contribution is 6.80. The third-order valence-corrected chi connectivity index (χ3v) is 5.40. The fourth-order valence-corrected chi connectivity index (χ4v) is 3.63. The lowest BCUT2D eigenvalue weighted by Crippen LogP contribution is -2.46. The van der Waals surface area contributed by atoms with Crippen LogP contribution in [0.4, 0.5) is 0 Å². The Balaban J connectivity index is 1.76. The number of rotatable bonds is 7. The molecule has 3 heteroatoms. The Hall–Kier alpha value is -3.17. The third-order valence-electron chi connectivity index (χ3n) is 5.40. The van der Waals surface area contributed by atoms with E-state index in [9.17, 15) is 0 Å². The first-order valence-corrected chi connectivity index (χ1v) is 10.5. The van der Waals surface area contributed by atoms with Crippen LogP contribution in [0.5, 0.6) is 0 Å². The molecule has 1 aromatic heterocycles. The molecule has 1 heterocycles. The van der Waals surface area contributed by atoms with Gasteiger partial charge < -0.3 is 4.65 Å². The van der Waals surface area contributed by atoms with Gasteiger partial charge in [0.25, 0.3) is 0 Å². The molecule has 0 saturated heterocycles. The molecule has 0 amide bonds. The molecule has 30 heavy (non-hydrogen) atoms. The predicted octanol–water partition coefficient (Wildman–Crippen LogP) is 4.86. The third kappa shape index (κ3) is 4.69. The minimum absolute atomic E-state index is 0.189. The first-order chi connectivity index (χ1) is 14.7. The predicted molar refractivity (Wildman–Crippen MR) is 126 cm³/mol. The highest BCUT2D eigenvalue weighted by atomic mass is 16.4. The summed E-state index contributed by atoms with van der Waals surface area (Å²) in [7, 11) is 0. The van der Waals surface area contributed by atoms with Crippen molar-refractivity contribution in [1.82, 2.24) is 4.98 Å². The Morgan fingerprint density at radius 2 is 1.43 bits per heavy atom. The van der Waals surface area contributed by atoms with Crippen LogP contribution in [0.1, 0.15) is 35.4 Å². The van der Waals surface area contributed by atoms with Crippen molar-refractivity contribution < 1.29 is 4.65 Å². The molecule has 148 valence electrons. The number of pyridine rings is 1. The number of aryl methyl sites for hydroxylation is 2. The van der Waals surface area contributed by atoms with E-state index >= 15 is 0 Å². The van der Waals surface area contributed by atoms with Gasteiger partial charge in [0.2, 0.25) is 0 Å². The second-order valence-corrected chi connectivity index (χ2v) is 7.57. The van der Waals surface area contributed by atoms with Crippen LogP contribution in [0, 0.1) is 6.92 Å². The second kappa shape index (κ2) is 9.56. The van der Waals surface area contributed by atoms with Crippen molar-refractivity contribution in [3.05, 3.63) is 126 Å². The van der Waals surface area contributed by atoms with Gasteiger partial charge in [-0.3, -0.25) is 4.98 Å². The summed E-state index contributed by atoms with van der Waals surface area (Å²) in [4.78, 5) is 4.62. The molecule has 0 aliphatic rings. The van der Waals surface area contributed by atoms with Crippen LogP contribution in [0.15, 0.2) is 103 Å². The number of hydrogen-bond acceptors (Lipinski definition) is 2. The van der Waals surface area contributed by atoms with E-state index in [1.54, 1.807) is 0 Å². The summed E-state index contributed by atoms with van der Waals surface area (Å²) in [5.41, 5.74) is 6.85. The fraction of sp³-hybridized carbons (Fsp3) is 0.148. The molecule has 0 radical (unpaired) electrons. The topological polar surface area (TPSA) is 22.1 Å². The van der Waals surface area contributed by atoms with Crippen molar-refractivity contribution in [2.45, 2.75) is 26.4 Å². The van der Waals surface area contributed by atoms with Gasteiger partial charge in [-0.1, -0.05) is 97.4 Å². The zero-order valence-electron chi connectivity index (χ0n) is 17.5. The molecule has 4 rings (SSSR count). The molecule has 0 aliphatic carbocycles. The molecule has 4 aromatic rings. The van der Waals surface area contributed by atoms with E-state index in [0.717, 1.165) is 28.6 Å². The van der Waals surface area contributed by atoms with Gasteiger partial charge in [0.1, 0.15) is 6.10 Å². The molecule has 0 fully saturated rings. The normalized spacial score (nSPS) is 11.8. The van der Waals surface area contributed by atoms with Crippen LogP contribution in [0.3, 0.4) is 0 Å². The second-order valence-electron chi connectivity index (χ2n) is 7.57. The number of benzene rings is 3. The van der Waals surface area contributed by atoms with Gasteiger partial charge in [-0.25, -0.2) is 0 Å². The molecule has 0 spiro atoms. The fourth-order valence-electron chi connectivity index (χ4n) is 3.63. The highest BCUT2D eigenvalue weighted by Gasteiger charge is 2.27. The largest absolute Gasteiger partial charge is 0.414 e. The quantitative estimate of drug-likeness (QED) is 0.420. The number of aromatic nitrogens is 1. The number of hydrogen-bond donors (Lipinski definition) is 0. The molecule has 2 nitrogen and oxygen atoms in total. The Bertz CT molecular complexity index is 1050. The van der Waals surface area contributed by atoms with Gasteiger partial charge >= 0.3 is 6.92 Å². The Kier molecular flexibility index (Phi) is 6.41. The van der Waals surface area contributed by atoms with E-state index in [1.807, 2.05) is 30.5 Å². The Morgan fingerprint density at radius 3 is 2.07 bits per heavy atom. The zero-order chi connectivity index (χ0) is 20.8. The lowest BCUT2D eigenvalue weighted by molar-refractivity contribution is 0.253. The van der Waals surface area contributed by atoms with Crippen molar-refractivity contribution in [2.24, 2.45) is 0 Å². The molecule has 3 aromatic carbocycles. The van der Waals surface area contributed by atoms with E-state index in [-0.39, 0.29) is 13.0 Å². The Labute approximate surface area is 179 Å². The summed E-state index contributed by atoms with van der Waals surface area (Å²) >= 11 is 0.